The van der Waals surface area contributed by atoms with Crippen molar-refractivity contribution in [3.8, 4) is 0 Å². The summed E-state index contributed by atoms with van der Waals surface area (Å²) in [5.74, 6) is -1.59. The standard InChI is InChI=1S/C27H33N3O6/c1-5-30(24-12-10-23(11-13-24)29-28-22-8-6-21(4)7-9-22)16-17-34-25(31)14-15-26(32)35-18-19-36-27(33)20(2)3/h6-13H,2,5,14-19H2,1,3-4H3. The van der Waals surface area contributed by atoms with Gasteiger partial charge in [-0.25, -0.2) is 4.79 Å². The van der Waals surface area contributed by atoms with E-state index >= 15 is 0 Å². The van der Waals surface area contributed by atoms with Gasteiger partial charge in [0.1, 0.15) is 19.8 Å². The first-order valence-corrected chi connectivity index (χ1v) is 11.8. The third-order valence-electron chi connectivity index (χ3n) is 5.00. The van der Waals surface area contributed by atoms with Crippen LogP contribution in [-0.2, 0) is 28.6 Å². The largest absolute Gasteiger partial charge is 0.464 e. The predicted molar refractivity (Wildman–Crippen MR) is 137 cm³/mol. The molecule has 2 rings (SSSR count). The molecule has 0 aliphatic carbocycles. The number of hydrogen-bond donors (Lipinski definition) is 0. The highest BCUT2D eigenvalue weighted by molar-refractivity contribution is 5.86. The van der Waals surface area contributed by atoms with Crippen molar-refractivity contribution in [3.63, 3.8) is 0 Å². The van der Waals surface area contributed by atoms with Crippen molar-refractivity contribution in [3.05, 3.63) is 66.2 Å². The molecule has 0 spiro atoms. The molecule has 0 atom stereocenters. The molecule has 0 fully saturated rings. The van der Waals surface area contributed by atoms with Crippen molar-refractivity contribution in [2.45, 2.75) is 33.6 Å². The summed E-state index contributed by atoms with van der Waals surface area (Å²) in [6.07, 6.45) is -0.194. The molecule has 0 amide bonds. The van der Waals surface area contributed by atoms with Crippen LogP contribution in [0.15, 0.2) is 70.9 Å². The fourth-order valence-corrected chi connectivity index (χ4v) is 2.96. The van der Waals surface area contributed by atoms with Crippen molar-refractivity contribution in [1.29, 1.82) is 0 Å². The Morgan fingerprint density at radius 2 is 1.31 bits per heavy atom. The van der Waals surface area contributed by atoms with E-state index in [-0.39, 0.29) is 38.2 Å². The summed E-state index contributed by atoms with van der Waals surface area (Å²) in [5.41, 5.74) is 3.94. The summed E-state index contributed by atoms with van der Waals surface area (Å²) in [5, 5.41) is 8.51. The van der Waals surface area contributed by atoms with Crippen LogP contribution in [0, 0.1) is 6.92 Å². The molecule has 9 heteroatoms. The Morgan fingerprint density at radius 1 is 0.806 bits per heavy atom. The topological polar surface area (TPSA) is 107 Å². The van der Waals surface area contributed by atoms with Crippen LogP contribution in [0.5, 0.6) is 0 Å². The molecule has 0 unspecified atom stereocenters. The Balaban J connectivity index is 1.68. The SMILES string of the molecule is C=C(C)C(=O)OCCOC(=O)CCC(=O)OCCN(CC)c1ccc(N=Nc2ccc(C)cc2)cc1. The minimum absolute atomic E-state index is 0.0642. The quantitative estimate of drug-likeness (QED) is 0.116. The van der Waals surface area contributed by atoms with Crippen molar-refractivity contribution in [2.75, 3.05) is 37.8 Å². The van der Waals surface area contributed by atoms with Crippen LogP contribution in [0.2, 0.25) is 0 Å². The van der Waals surface area contributed by atoms with Crippen molar-refractivity contribution in [1.82, 2.24) is 0 Å². The molecular formula is C27H33N3O6. The fourth-order valence-electron chi connectivity index (χ4n) is 2.96. The molecule has 9 nitrogen and oxygen atoms in total. The van der Waals surface area contributed by atoms with Crippen LogP contribution in [0.25, 0.3) is 0 Å². The van der Waals surface area contributed by atoms with E-state index in [9.17, 15) is 14.4 Å². The molecule has 192 valence electrons. The van der Waals surface area contributed by atoms with E-state index in [1.807, 2.05) is 62.4 Å². The summed E-state index contributed by atoms with van der Waals surface area (Å²) in [6.45, 7) is 10.3. The van der Waals surface area contributed by atoms with Gasteiger partial charge in [0.2, 0.25) is 0 Å². The van der Waals surface area contributed by atoms with Gasteiger partial charge in [0.05, 0.1) is 30.8 Å². The molecule has 0 aromatic heterocycles. The second-order valence-corrected chi connectivity index (χ2v) is 7.99. The van der Waals surface area contributed by atoms with Crippen LogP contribution in [-0.4, -0.2) is 50.8 Å². The second-order valence-electron chi connectivity index (χ2n) is 7.99. The lowest BCUT2D eigenvalue weighted by molar-refractivity contribution is -0.152. The number of rotatable bonds is 14. The van der Waals surface area contributed by atoms with E-state index in [2.05, 4.69) is 21.7 Å². The molecule has 2 aromatic rings. The molecule has 2 aromatic carbocycles. The van der Waals surface area contributed by atoms with Gasteiger partial charge in [-0.05, 0) is 57.2 Å². The van der Waals surface area contributed by atoms with E-state index in [4.69, 9.17) is 14.2 Å². The molecule has 0 aliphatic heterocycles. The first kappa shape index (κ1) is 28.2. The predicted octanol–water partition coefficient (Wildman–Crippen LogP) is 5.22. The monoisotopic (exact) mass is 495 g/mol. The number of ether oxygens (including phenoxy) is 3. The highest BCUT2D eigenvalue weighted by Gasteiger charge is 2.11. The molecule has 0 heterocycles. The summed E-state index contributed by atoms with van der Waals surface area (Å²) in [4.78, 5) is 36.9. The lowest BCUT2D eigenvalue weighted by Crippen LogP contribution is -2.28. The number of azo groups is 1. The zero-order valence-electron chi connectivity index (χ0n) is 21.1. The number of hydrogen-bond acceptors (Lipinski definition) is 9. The molecule has 0 bridgehead atoms. The smallest absolute Gasteiger partial charge is 0.333 e. The normalized spacial score (nSPS) is 10.6. The molecule has 0 radical (unpaired) electrons. The summed E-state index contributed by atoms with van der Waals surface area (Å²) < 4.78 is 15.0. The Morgan fingerprint density at radius 3 is 1.83 bits per heavy atom. The van der Waals surface area contributed by atoms with E-state index < -0.39 is 17.9 Å². The van der Waals surface area contributed by atoms with Gasteiger partial charge >= 0.3 is 17.9 Å². The van der Waals surface area contributed by atoms with Gasteiger partial charge in [0.15, 0.2) is 0 Å². The van der Waals surface area contributed by atoms with E-state index in [0.717, 1.165) is 23.6 Å². The summed E-state index contributed by atoms with van der Waals surface area (Å²) in [6, 6.07) is 15.5. The van der Waals surface area contributed by atoms with E-state index in [1.165, 1.54) is 12.5 Å². The zero-order chi connectivity index (χ0) is 26.3. The zero-order valence-corrected chi connectivity index (χ0v) is 21.1. The third-order valence-corrected chi connectivity index (χ3v) is 5.00. The van der Waals surface area contributed by atoms with Crippen LogP contribution in [0.1, 0.15) is 32.3 Å². The molecule has 36 heavy (non-hydrogen) atoms. The number of carbonyl (C=O) groups is 3. The van der Waals surface area contributed by atoms with Crippen molar-refractivity contribution in [2.24, 2.45) is 10.2 Å². The second kappa shape index (κ2) is 15.1. The summed E-state index contributed by atoms with van der Waals surface area (Å²) >= 11 is 0. The van der Waals surface area contributed by atoms with Gasteiger partial charge in [0.25, 0.3) is 0 Å². The first-order chi connectivity index (χ1) is 17.3. The van der Waals surface area contributed by atoms with Gasteiger partial charge < -0.3 is 19.1 Å². The van der Waals surface area contributed by atoms with E-state index in [1.54, 1.807) is 0 Å². The molecule has 0 saturated carbocycles. The average molecular weight is 496 g/mol. The van der Waals surface area contributed by atoms with Gasteiger partial charge in [-0.2, -0.15) is 10.2 Å². The van der Waals surface area contributed by atoms with Crippen molar-refractivity contribution >= 4 is 35.0 Å². The van der Waals surface area contributed by atoms with Gasteiger partial charge in [-0.3, -0.25) is 9.59 Å². The number of aryl methyl sites for hydroxylation is 1. The Hall–Kier alpha value is -4.01. The number of likely N-dealkylation sites (N-methyl/N-ethyl adjacent to an activating group) is 1. The maximum absolute atomic E-state index is 11.9. The fraction of sp³-hybridized carbons (Fsp3) is 0.370. The first-order valence-electron chi connectivity index (χ1n) is 11.8. The number of carbonyl (C=O) groups excluding carboxylic acids is 3. The highest BCUT2D eigenvalue weighted by Crippen LogP contribution is 2.22. The molecule has 0 aliphatic rings. The number of anilines is 1. The molecule has 0 N–H and O–H groups in total. The molecule has 0 saturated heterocycles. The lowest BCUT2D eigenvalue weighted by atomic mass is 10.2. The third kappa shape index (κ3) is 10.5. The minimum Gasteiger partial charge on any atom is -0.464 e. The number of benzene rings is 2. The molecular weight excluding hydrogens is 462 g/mol. The number of esters is 3. The Kier molecular flexibility index (Phi) is 11.8. The van der Waals surface area contributed by atoms with Crippen LogP contribution in [0.4, 0.5) is 17.1 Å². The van der Waals surface area contributed by atoms with Crippen molar-refractivity contribution < 1.29 is 28.6 Å². The minimum atomic E-state index is -0.562. The summed E-state index contributed by atoms with van der Waals surface area (Å²) in [7, 11) is 0. The maximum Gasteiger partial charge on any atom is 0.333 e. The van der Waals surface area contributed by atoms with Gasteiger partial charge in [-0.15, -0.1) is 0 Å². The lowest BCUT2D eigenvalue weighted by Gasteiger charge is -2.22. The highest BCUT2D eigenvalue weighted by atomic mass is 16.6. The maximum atomic E-state index is 11.9. The van der Waals surface area contributed by atoms with Gasteiger partial charge in [-0.1, -0.05) is 24.3 Å². The van der Waals surface area contributed by atoms with Crippen LogP contribution in [0.3, 0.4) is 0 Å². The van der Waals surface area contributed by atoms with Gasteiger partial charge in [0, 0.05) is 17.8 Å². The Bertz CT molecular complexity index is 1050. The van der Waals surface area contributed by atoms with Crippen LogP contribution >= 0.6 is 0 Å². The number of nitrogens with zero attached hydrogens (tertiary/aromatic N) is 3. The Labute approximate surface area is 211 Å². The van der Waals surface area contributed by atoms with Crippen LogP contribution < -0.4 is 4.90 Å². The van der Waals surface area contributed by atoms with E-state index in [0.29, 0.717) is 6.54 Å². The average Bonchev–Trinajstić information content (AvgIpc) is 2.87.